The van der Waals surface area contributed by atoms with Crippen molar-refractivity contribution >= 4 is 49.9 Å². The van der Waals surface area contributed by atoms with Crippen LogP contribution >= 0.6 is 22.6 Å². The highest BCUT2D eigenvalue weighted by molar-refractivity contribution is 14.1. The van der Waals surface area contributed by atoms with Crippen LogP contribution in [0.15, 0.2) is 42.5 Å². The summed E-state index contributed by atoms with van der Waals surface area (Å²) in [5, 5.41) is 2.81. The van der Waals surface area contributed by atoms with E-state index in [2.05, 4.69) is 27.9 Å². The largest absolute Gasteiger partial charge is 0.497 e. The first-order valence-corrected chi connectivity index (χ1v) is 10.8. The fraction of sp³-hybridized carbons (Fsp3) is 0.278. The Morgan fingerprint density at radius 2 is 1.81 bits per heavy atom. The van der Waals surface area contributed by atoms with E-state index in [4.69, 9.17) is 4.74 Å². The maximum atomic E-state index is 12.7. The quantitative estimate of drug-likeness (QED) is 0.633. The Morgan fingerprint density at radius 1 is 1.19 bits per heavy atom. The van der Waals surface area contributed by atoms with Crippen molar-refractivity contribution in [3.05, 3.63) is 51.6 Å². The molecule has 0 unspecified atom stereocenters. The summed E-state index contributed by atoms with van der Waals surface area (Å²) >= 11 is 2.19. The molecule has 0 aromatic heterocycles. The van der Waals surface area contributed by atoms with Crippen molar-refractivity contribution in [1.82, 2.24) is 0 Å². The van der Waals surface area contributed by atoms with E-state index in [9.17, 15) is 13.2 Å². The molecule has 2 aromatic carbocycles. The van der Waals surface area contributed by atoms with Gasteiger partial charge in [0.1, 0.15) is 11.8 Å². The van der Waals surface area contributed by atoms with E-state index in [0.29, 0.717) is 17.1 Å². The normalized spacial score (nSPS) is 12.3. The Balaban J connectivity index is 2.30. The van der Waals surface area contributed by atoms with Gasteiger partial charge in [-0.2, -0.15) is 0 Å². The summed E-state index contributed by atoms with van der Waals surface area (Å²) in [6, 6.07) is 11.2. The molecule has 0 bridgehead atoms. The second-order valence-electron chi connectivity index (χ2n) is 5.88. The lowest BCUT2D eigenvalue weighted by molar-refractivity contribution is -0.116. The molecule has 0 saturated carbocycles. The maximum Gasteiger partial charge on any atom is 0.248 e. The Kier molecular flexibility index (Phi) is 6.51. The zero-order valence-corrected chi connectivity index (χ0v) is 18.0. The smallest absolute Gasteiger partial charge is 0.248 e. The van der Waals surface area contributed by atoms with Crippen LogP contribution in [-0.2, 0) is 14.8 Å². The van der Waals surface area contributed by atoms with Gasteiger partial charge in [-0.1, -0.05) is 0 Å². The molecule has 6 nitrogen and oxygen atoms in total. The van der Waals surface area contributed by atoms with Crippen LogP contribution in [0.1, 0.15) is 12.5 Å². The zero-order valence-electron chi connectivity index (χ0n) is 15.0. The number of carbonyl (C=O) groups is 1. The summed E-state index contributed by atoms with van der Waals surface area (Å²) in [4.78, 5) is 12.7. The third kappa shape index (κ3) is 4.88. The number of nitrogens with zero attached hydrogens (tertiary/aromatic N) is 1. The van der Waals surface area contributed by atoms with Crippen molar-refractivity contribution in [1.29, 1.82) is 0 Å². The molecule has 0 fully saturated rings. The number of rotatable bonds is 6. The predicted molar refractivity (Wildman–Crippen MR) is 112 cm³/mol. The molecule has 0 aliphatic heterocycles. The van der Waals surface area contributed by atoms with Crippen LogP contribution < -0.4 is 14.4 Å². The molecular formula is C18H21IN2O4S. The highest BCUT2D eigenvalue weighted by Gasteiger charge is 2.29. The molecule has 1 N–H and O–H groups in total. The lowest BCUT2D eigenvalue weighted by Crippen LogP contribution is -2.45. The minimum Gasteiger partial charge on any atom is -0.497 e. The van der Waals surface area contributed by atoms with Gasteiger partial charge in [0.2, 0.25) is 15.9 Å². The second-order valence-corrected chi connectivity index (χ2v) is 8.99. The topological polar surface area (TPSA) is 75.7 Å². The summed E-state index contributed by atoms with van der Waals surface area (Å²) in [6.07, 6.45) is 1.08. The zero-order chi connectivity index (χ0) is 19.5. The van der Waals surface area contributed by atoms with E-state index in [0.717, 1.165) is 19.7 Å². The number of sulfonamides is 1. The van der Waals surface area contributed by atoms with E-state index in [-0.39, 0.29) is 0 Å². The number of nitrogens with one attached hydrogen (secondary N) is 1. The molecule has 2 aromatic rings. The molecule has 0 spiro atoms. The Hall–Kier alpha value is -1.81. The summed E-state index contributed by atoms with van der Waals surface area (Å²) < 4.78 is 31.9. The van der Waals surface area contributed by atoms with Crippen molar-refractivity contribution in [2.45, 2.75) is 19.9 Å². The van der Waals surface area contributed by atoms with Gasteiger partial charge in [-0.3, -0.25) is 9.10 Å². The number of anilines is 2. The maximum absolute atomic E-state index is 12.7. The molecule has 0 aliphatic rings. The molecule has 8 heteroatoms. The third-order valence-electron chi connectivity index (χ3n) is 3.86. The number of hydrogen-bond donors (Lipinski definition) is 1. The number of amides is 1. The van der Waals surface area contributed by atoms with Crippen LogP contribution in [0.3, 0.4) is 0 Å². The van der Waals surface area contributed by atoms with Crippen molar-refractivity contribution < 1.29 is 17.9 Å². The molecule has 140 valence electrons. The third-order valence-corrected chi connectivity index (χ3v) is 5.77. The molecule has 0 heterocycles. The number of aryl methyl sites for hydroxylation is 1. The number of methoxy groups -OCH3 is 1. The van der Waals surface area contributed by atoms with Gasteiger partial charge in [0.25, 0.3) is 0 Å². The first kappa shape index (κ1) is 20.5. The molecule has 0 saturated heterocycles. The summed E-state index contributed by atoms with van der Waals surface area (Å²) in [5.74, 6) is 0.198. The van der Waals surface area contributed by atoms with Crippen LogP contribution in [0.4, 0.5) is 11.4 Å². The van der Waals surface area contributed by atoms with Crippen LogP contribution in [0.5, 0.6) is 5.75 Å². The van der Waals surface area contributed by atoms with E-state index in [1.807, 2.05) is 19.1 Å². The van der Waals surface area contributed by atoms with Crippen LogP contribution in [-0.4, -0.2) is 33.7 Å². The molecule has 1 atom stereocenters. The Morgan fingerprint density at radius 3 is 2.31 bits per heavy atom. The molecular weight excluding hydrogens is 467 g/mol. The first-order chi connectivity index (χ1) is 12.1. The van der Waals surface area contributed by atoms with Crippen LogP contribution in [0, 0.1) is 10.5 Å². The lowest BCUT2D eigenvalue weighted by Gasteiger charge is -2.28. The van der Waals surface area contributed by atoms with Gasteiger partial charge in [0.15, 0.2) is 0 Å². The number of carbonyl (C=O) groups excluding carboxylic acids is 1. The average molecular weight is 488 g/mol. The summed E-state index contributed by atoms with van der Waals surface area (Å²) in [5.41, 5.74) is 1.97. The monoisotopic (exact) mass is 488 g/mol. The van der Waals surface area contributed by atoms with E-state index in [1.54, 1.807) is 37.3 Å². The van der Waals surface area contributed by atoms with Gasteiger partial charge in [-0.15, -0.1) is 0 Å². The van der Waals surface area contributed by atoms with Gasteiger partial charge in [0.05, 0.1) is 19.1 Å². The predicted octanol–water partition coefficient (Wildman–Crippen LogP) is 3.40. The highest BCUT2D eigenvalue weighted by Crippen LogP contribution is 2.25. The van der Waals surface area contributed by atoms with E-state index in [1.165, 1.54) is 7.11 Å². The molecule has 1 amide bonds. The Labute approximate surface area is 167 Å². The lowest BCUT2D eigenvalue weighted by atomic mass is 10.2. The highest BCUT2D eigenvalue weighted by atomic mass is 127. The van der Waals surface area contributed by atoms with E-state index >= 15 is 0 Å². The fourth-order valence-corrected chi connectivity index (χ4v) is 4.36. The van der Waals surface area contributed by atoms with Gasteiger partial charge < -0.3 is 10.1 Å². The number of hydrogen-bond acceptors (Lipinski definition) is 4. The summed E-state index contributed by atoms with van der Waals surface area (Å²) in [6.45, 7) is 3.45. The van der Waals surface area contributed by atoms with Crippen molar-refractivity contribution in [3.8, 4) is 5.75 Å². The molecule has 2 rings (SSSR count). The van der Waals surface area contributed by atoms with Gasteiger partial charge in [0, 0.05) is 9.26 Å². The minimum atomic E-state index is -3.66. The molecule has 0 radical (unpaired) electrons. The van der Waals surface area contributed by atoms with Crippen molar-refractivity contribution in [2.75, 3.05) is 23.0 Å². The standard InChI is InChI=1S/C18H21IN2O4S/c1-12-11-14(19)5-10-17(12)20-18(22)13(2)21(26(4,23)24)15-6-8-16(25-3)9-7-15/h5-11,13H,1-4H3,(H,20,22)/t13-/m0/s1. The first-order valence-electron chi connectivity index (χ1n) is 7.84. The molecule has 0 aliphatic carbocycles. The number of benzene rings is 2. The van der Waals surface area contributed by atoms with Crippen LogP contribution in [0.2, 0.25) is 0 Å². The van der Waals surface area contributed by atoms with Gasteiger partial charge in [-0.25, -0.2) is 8.42 Å². The van der Waals surface area contributed by atoms with E-state index < -0.39 is 22.0 Å². The molecule has 26 heavy (non-hydrogen) atoms. The second kappa shape index (κ2) is 8.26. The Bertz CT molecular complexity index is 898. The number of ether oxygens (including phenoxy) is 1. The SMILES string of the molecule is COc1ccc(N([C@@H](C)C(=O)Nc2ccc(I)cc2C)S(C)(=O)=O)cc1. The van der Waals surface area contributed by atoms with Crippen molar-refractivity contribution in [2.24, 2.45) is 0 Å². The minimum absolute atomic E-state index is 0.398. The summed E-state index contributed by atoms with van der Waals surface area (Å²) in [7, 11) is -2.13. The van der Waals surface area contributed by atoms with Crippen molar-refractivity contribution in [3.63, 3.8) is 0 Å². The fourth-order valence-electron chi connectivity index (χ4n) is 2.54. The van der Waals surface area contributed by atoms with Gasteiger partial charge >= 0.3 is 0 Å². The van der Waals surface area contributed by atoms with Gasteiger partial charge in [-0.05, 0) is 84.5 Å². The number of halogens is 1. The average Bonchev–Trinajstić information content (AvgIpc) is 2.56. The van der Waals surface area contributed by atoms with Crippen LogP contribution in [0.25, 0.3) is 0 Å².